The standard InChI is InChI=1S/C11H21NO3/c1-3-6-12-10(11(13)14-2)9-5-4-7-15-8-9/h9-10,12H,3-8H2,1-2H3. The van der Waals surface area contributed by atoms with Crippen LogP contribution in [0, 0.1) is 5.92 Å². The molecule has 1 heterocycles. The number of nitrogens with one attached hydrogen (secondary N) is 1. The van der Waals surface area contributed by atoms with Gasteiger partial charge in [-0.25, -0.2) is 0 Å². The van der Waals surface area contributed by atoms with Gasteiger partial charge < -0.3 is 14.8 Å². The van der Waals surface area contributed by atoms with Crippen LogP contribution < -0.4 is 5.32 Å². The van der Waals surface area contributed by atoms with Crippen LogP contribution in [0.2, 0.25) is 0 Å². The van der Waals surface area contributed by atoms with Crippen LogP contribution in [-0.2, 0) is 14.3 Å². The lowest BCUT2D eigenvalue weighted by Gasteiger charge is -2.29. The molecule has 0 aromatic rings. The zero-order valence-electron chi connectivity index (χ0n) is 9.62. The Balaban J connectivity index is 2.49. The van der Waals surface area contributed by atoms with Crippen molar-refractivity contribution in [1.82, 2.24) is 5.32 Å². The maximum Gasteiger partial charge on any atom is 0.323 e. The summed E-state index contributed by atoms with van der Waals surface area (Å²) in [5.41, 5.74) is 0. The Morgan fingerprint density at radius 3 is 3.00 bits per heavy atom. The predicted octanol–water partition coefficient (Wildman–Crippen LogP) is 0.954. The zero-order chi connectivity index (χ0) is 11.1. The van der Waals surface area contributed by atoms with Gasteiger partial charge in [0.05, 0.1) is 13.7 Å². The van der Waals surface area contributed by atoms with Gasteiger partial charge in [-0.1, -0.05) is 6.92 Å². The quantitative estimate of drug-likeness (QED) is 0.694. The van der Waals surface area contributed by atoms with E-state index in [2.05, 4.69) is 12.2 Å². The van der Waals surface area contributed by atoms with Gasteiger partial charge in [0.25, 0.3) is 0 Å². The summed E-state index contributed by atoms with van der Waals surface area (Å²) in [6.45, 7) is 4.41. The van der Waals surface area contributed by atoms with Crippen LogP contribution in [0.25, 0.3) is 0 Å². The molecule has 4 heteroatoms. The smallest absolute Gasteiger partial charge is 0.323 e. The van der Waals surface area contributed by atoms with E-state index in [0.717, 1.165) is 32.4 Å². The minimum absolute atomic E-state index is 0.168. The summed E-state index contributed by atoms with van der Waals surface area (Å²) in [5.74, 6) is 0.0942. The number of hydrogen-bond donors (Lipinski definition) is 1. The van der Waals surface area contributed by atoms with Crippen LogP contribution in [0.4, 0.5) is 0 Å². The van der Waals surface area contributed by atoms with Crippen molar-refractivity contribution in [2.24, 2.45) is 5.92 Å². The van der Waals surface area contributed by atoms with Gasteiger partial charge in [0.1, 0.15) is 6.04 Å². The average molecular weight is 215 g/mol. The molecular weight excluding hydrogens is 194 g/mol. The first kappa shape index (κ1) is 12.5. The van der Waals surface area contributed by atoms with Crippen LogP contribution in [-0.4, -0.2) is 38.9 Å². The van der Waals surface area contributed by atoms with Crippen molar-refractivity contribution in [2.75, 3.05) is 26.9 Å². The molecular formula is C11H21NO3. The first-order valence-electron chi connectivity index (χ1n) is 5.68. The molecule has 0 radical (unpaired) electrons. The molecule has 0 aromatic heterocycles. The number of rotatable bonds is 5. The van der Waals surface area contributed by atoms with E-state index in [-0.39, 0.29) is 17.9 Å². The maximum atomic E-state index is 11.6. The van der Waals surface area contributed by atoms with Gasteiger partial charge in [-0.3, -0.25) is 4.79 Å². The molecule has 2 atom stereocenters. The van der Waals surface area contributed by atoms with E-state index in [0.29, 0.717) is 6.61 Å². The van der Waals surface area contributed by atoms with Crippen molar-refractivity contribution >= 4 is 5.97 Å². The maximum absolute atomic E-state index is 11.6. The van der Waals surface area contributed by atoms with Gasteiger partial charge >= 0.3 is 5.97 Å². The van der Waals surface area contributed by atoms with Crippen LogP contribution in [0.5, 0.6) is 0 Å². The van der Waals surface area contributed by atoms with Gasteiger partial charge in [0.15, 0.2) is 0 Å². The molecule has 0 aliphatic carbocycles. The van der Waals surface area contributed by atoms with Crippen molar-refractivity contribution in [3.8, 4) is 0 Å². The van der Waals surface area contributed by atoms with E-state index < -0.39 is 0 Å². The van der Waals surface area contributed by atoms with Crippen molar-refractivity contribution < 1.29 is 14.3 Å². The van der Waals surface area contributed by atoms with E-state index in [4.69, 9.17) is 9.47 Å². The Morgan fingerprint density at radius 2 is 2.47 bits per heavy atom. The monoisotopic (exact) mass is 215 g/mol. The lowest BCUT2D eigenvalue weighted by molar-refractivity contribution is -0.146. The SMILES string of the molecule is CCCNC(C(=O)OC)C1CCCOC1. The summed E-state index contributed by atoms with van der Waals surface area (Å²) in [4.78, 5) is 11.6. The highest BCUT2D eigenvalue weighted by Crippen LogP contribution is 2.18. The predicted molar refractivity (Wildman–Crippen MR) is 57.6 cm³/mol. The van der Waals surface area contributed by atoms with Gasteiger partial charge in [-0.2, -0.15) is 0 Å². The molecule has 88 valence electrons. The summed E-state index contributed by atoms with van der Waals surface area (Å²) >= 11 is 0. The third-order valence-corrected chi connectivity index (χ3v) is 2.74. The van der Waals surface area contributed by atoms with Crippen molar-refractivity contribution in [1.29, 1.82) is 0 Å². The Labute approximate surface area is 91.3 Å². The Morgan fingerprint density at radius 1 is 1.67 bits per heavy atom. The molecule has 4 nitrogen and oxygen atoms in total. The summed E-state index contributed by atoms with van der Waals surface area (Å²) in [6, 6.07) is -0.199. The minimum atomic E-state index is -0.199. The summed E-state index contributed by atoms with van der Waals surface area (Å²) in [5, 5.41) is 3.24. The first-order chi connectivity index (χ1) is 7.29. The number of esters is 1. The van der Waals surface area contributed by atoms with Crippen LogP contribution in [0.15, 0.2) is 0 Å². The highest BCUT2D eigenvalue weighted by Gasteiger charge is 2.30. The second kappa shape index (κ2) is 6.80. The summed E-state index contributed by atoms with van der Waals surface area (Å²) < 4.78 is 10.2. The van der Waals surface area contributed by atoms with Crippen LogP contribution in [0.1, 0.15) is 26.2 Å². The van der Waals surface area contributed by atoms with Gasteiger partial charge in [0.2, 0.25) is 0 Å². The molecule has 1 aliphatic rings. The normalized spacial score (nSPS) is 23.5. The second-order valence-corrected chi connectivity index (χ2v) is 3.93. The van der Waals surface area contributed by atoms with E-state index in [1.165, 1.54) is 7.11 Å². The van der Waals surface area contributed by atoms with Crippen molar-refractivity contribution in [3.63, 3.8) is 0 Å². The molecule has 2 unspecified atom stereocenters. The lowest BCUT2D eigenvalue weighted by atomic mass is 9.93. The molecule has 15 heavy (non-hydrogen) atoms. The highest BCUT2D eigenvalue weighted by atomic mass is 16.5. The largest absolute Gasteiger partial charge is 0.468 e. The number of carbonyl (C=O) groups is 1. The second-order valence-electron chi connectivity index (χ2n) is 3.93. The Hall–Kier alpha value is -0.610. The first-order valence-corrected chi connectivity index (χ1v) is 5.68. The van der Waals surface area contributed by atoms with E-state index in [1.807, 2.05) is 0 Å². The van der Waals surface area contributed by atoms with Crippen molar-refractivity contribution in [2.45, 2.75) is 32.2 Å². The zero-order valence-corrected chi connectivity index (χ0v) is 9.62. The molecule has 1 rings (SSSR count). The summed E-state index contributed by atoms with van der Waals surface area (Å²) in [7, 11) is 1.44. The molecule has 1 saturated heterocycles. The molecule has 1 aliphatic heterocycles. The third kappa shape index (κ3) is 3.80. The third-order valence-electron chi connectivity index (χ3n) is 2.74. The number of methoxy groups -OCH3 is 1. The van der Waals surface area contributed by atoms with Gasteiger partial charge in [0, 0.05) is 12.5 Å². The van der Waals surface area contributed by atoms with E-state index in [1.54, 1.807) is 0 Å². The van der Waals surface area contributed by atoms with E-state index in [9.17, 15) is 4.79 Å². The summed E-state index contributed by atoms with van der Waals surface area (Å²) in [6.07, 6.45) is 3.09. The molecule has 0 bridgehead atoms. The van der Waals surface area contributed by atoms with Gasteiger partial charge in [-0.05, 0) is 25.8 Å². The molecule has 0 aromatic carbocycles. The Kier molecular flexibility index (Phi) is 5.65. The average Bonchev–Trinajstić information content (AvgIpc) is 2.30. The molecule has 0 spiro atoms. The fourth-order valence-electron chi connectivity index (χ4n) is 1.90. The Bertz CT molecular complexity index is 190. The minimum Gasteiger partial charge on any atom is -0.468 e. The molecule has 0 amide bonds. The lowest BCUT2D eigenvalue weighted by Crippen LogP contribution is -2.46. The topological polar surface area (TPSA) is 47.6 Å². The highest BCUT2D eigenvalue weighted by molar-refractivity contribution is 5.76. The molecule has 1 fully saturated rings. The van der Waals surface area contributed by atoms with Crippen molar-refractivity contribution in [3.05, 3.63) is 0 Å². The fraction of sp³-hybridized carbons (Fsp3) is 0.909. The number of ether oxygens (including phenoxy) is 2. The number of carbonyl (C=O) groups excluding carboxylic acids is 1. The molecule has 0 saturated carbocycles. The fourth-order valence-corrected chi connectivity index (χ4v) is 1.90. The van der Waals surface area contributed by atoms with E-state index >= 15 is 0 Å². The van der Waals surface area contributed by atoms with Crippen LogP contribution in [0.3, 0.4) is 0 Å². The molecule has 1 N–H and O–H groups in total. The van der Waals surface area contributed by atoms with Crippen LogP contribution >= 0.6 is 0 Å². The number of hydrogen-bond acceptors (Lipinski definition) is 4. The van der Waals surface area contributed by atoms with Gasteiger partial charge in [-0.15, -0.1) is 0 Å².